The van der Waals surface area contributed by atoms with Crippen molar-refractivity contribution in [3.8, 4) is 0 Å². The Kier molecular flexibility index (Phi) is 3.89. The number of halogens is 1. The lowest BCUT2D eigenvalue weighted by Crippen LogP contribution is -1.87. The van der Waals surface area contributed by atoms with Crippen molar-refractivity contribution >= 4 is 33.8 Å². The van der Waals surface area contributed by atoms with Crippen molar-refractivity contribution in [2.45, 2.75) is 0 Å². The maximum absolute atomic E-state index is 10.6. The summed E-state index contributed by atoms with van der Waals surface area (Å²) in [4.78, 5) is 10.2. The fraction of sp³-hybridized carbons (Fsp3) is 0. The van der Waals surface area contributed by atoms with Crippen molar-refractivity contribution in [1.29, 1.82) is 0 Å². The Morgan fingerprint density at radius 3 is 2.33 bits per heavy atom. The molecular formula is C14H10BrNO2. The van der Waals surface area contributed by atoms with Crippen LogP contribution in [-0.4, -0.2) is 4.92 Å². The molecule has 0 N–H and O–H groups in total. The Morgan fingerprint density at radius 2 is 1.67 bits per heavy atom. The number of rotatable bonds is 3. The zero-order valence-corrected chi connectivity index (χ0v) is 11.0. The van der Waals surface area contributed by atoms with E-state index in [2.05, 4.69) is 15.9 Å². The van der Waals surface area contributed by atoms with Gasteiger partial charge >= 0.3 is 0 Å². The van der Waals surface area contributed by atoms with Crippen LogP contribution in [0.2, 0.25) is 0 Å². The minimum absolute atomic E-state index is 0.105. The molecule has 0 saturated carbocycles. The normalized spacial score (nSPS) is 10.7. The molecule has 2 aromatic carbocycles. The molecule has 3 nitrogen and oxygen atoms in total. The van der Waals surface area contributed by atoms with Crippen molar-refractivity contribution in [3.05, 3.63) is 74.2 Å². The number of nitro benzene ring substituents is 1. The summed E-state index contributed by atoms with van der Waals surface area (Å²) in [5, 5.41) is 10.6. The number of nitrogens with zero attached hydrogens (tertiary/aromatic N) is 1. The third kappa shape index (κ3) is 3.28. The largest absolute Gasteiger partial charge is 0.270 e. The van der Waals surface area contributed by atoms with Crippen LogP contribution in [0.5, 0.6) is 0 Å². The van der Waals surface area contributed by atoms with Gasteiger partial charge in [-0.15, -0.1) is 0 Å². The van der Waals surface area contributed by atoms with E-state index in [9.17, 15) is 10.1 Å². The van der Waals surface area contributed by atoms with E-state index in [0.717, 1.165) is 15.6 Å². The Hall–Kier alpha value is -1.94. The van der Waals surface area contributed by atoms with Crippen molar-refractivity contribution in [2.24, 2.45) is 0 Å². The second kappa shape index (κ2) is 5.60. The van der Waals surface area contributed by atoms with Crippen LogP contribution in [0.15, 0.2) is 53.0 Å². The standard InChI is InChI=1S/C14H10BrNO2/c15-13-8-6-11(7-9-13)4-5-12-2-1-3-14(10-12)16(17)18/h1-10H. The van der Waals surface area contributed by atoms with E-state index < -0.39 is 4.92 Å². The van der Waals surface area contributed by atoms with Gasteiger partial charge in [-0.25, -0.2) is 0 Å². The molecule has 0 unspecified atom stereocenters. The molecule has 0 aromatic heterocycles. The molecule has 0 atom stereocenters. The number of benzene rings is 2. The average molecular weight is 304 g/mol. The molecule has 0 aliphatic heterocycles. The van der Waals surface area contributed by atoms with Gasteiger partial charge in [0.05, 0.1) is 4.92 Å². The average Bonchev–Trinajstić information content (AvgIpc) is 2.38. The summed E-state index contributed by atoms with van der Waals surface area (Å²) >= 11 is 3.37. The van der Waals surface area contributed by atoms with Gasteiger partial charge in [0.2, 0.25) is 0 Å². The van der Waals surface area contributed by atoms with Gasteiger partial charge in [-0.1, -0.05) is 52.3 Å². The van der Waals surface area contributed by atoms with Gasteiger partial charge in [0.1, 0.15) is 0 Å². The molecule has 0 aliphatic carbocycles. The number of hydrogen-bond acceptors (Lipinski definition) is 2. The first-order chi connectivity index (χ1) is 8.65. The van der Waals surface area contributed by atoms with Crippen molar-refractivity contribution in [1.82, 2.24) is 0 Å². The van der Waals surface area contributed by atoms with Crippen LogP contribution in [0.4, 0.5) is 5.69 Å². The SMILES string of the molecule is O=[N+]([O-])c1cccc(C=Cc2ccc(Br)cc2)c1. The van der Waals surface area contributed by atoms with Gasteiger partial charge in [-0.3, -0.25) is 10.1 Å². The third-order valence-electron chi connectivity index (χ3n) is 2.42. The van der Waals surface area contributed by atoms with Crippen LogP contribution in [-0.2, 0) is 0 Å². The third-order valence-corrected chi connectivity index (χ3v) is 2.95. The first-order valence-corrected chi connectivity index (χ1v) is 6.12. The summed E-state index contributed by atoms with van der Waals surface area (Å²) in [6, 6.07) is 14.4. The molecule has 2 aromatic rings. The maximum Gasteiger partial charge on any atom is 0.270 e. The van der Waals surface area contributed by atoms with Gasteiger partial charge in [0.15, 0.2) is 0 Å². The zero-order valence-electron chi connectivity index (χ0n) is 9.42. The van der Waals surface area contributed by atoms with Crippen molar-refractivity contribution < 1.29 is 4.92 Å². The highest BCUT2D eigenvalue weighted by atomic mass is 79.9. The lowest BCUT2D eigenvalue weighted by Gasteiger charge is -1.96. The van der Waals surface area contributed by atoms with Crippen LogP contribution in [0.1, 0.15) is 11.1 Å². The van der Waals surface area contributed by atoms with Crippen LogP contribution >= 0.6 is 15.9 Å². The predicted molar refractivity (Wildman–Crippen MR) is 76.2 cm³/mol. The second-order valence-electron chi connectivity index (χ2n) is 3.74. The van der Waals surface area contributed by atoms with Crippen molar-refractivity contribution in [3.63, 3.8) is 0 Å². The summed E-state index contributed by atoms with van der Waals surface area (Å²) in [6.45, 7) is 0. The molecule has 0 bridgehead atoms. The quantitative estimate of drug-likeness (QED) is 0.475. The lowest BCUT2D eigenvalue weighted by atomic mass is 10.1. The van der Waals surface area contributed by atoms with Crippen LogP contribution in [0.25, 0.3) is 12.2 Å². The van der Waals surface area contributed by atoms with Crippen LogP contribution in [0, 0.1) is 10.1 Å². The molecule has 0 radical (unpaired) electrons. The topological polar surface area (TPSA) is 43.1 Å². The first kappa shape index (κ1) is 12.5. The molecule has 0 amide bonds. The van der Waals surface area contributed by atoms with E-state index in [1.54, 1.807) is 12.1 Å². The molecule has 90 valence electrons. The summed E-state index contributed by atoms with van der Waals surface area (Å²) in [5.74, 6) is 0. The maximum atomic E-state index is 10.6. The van der Waals surface area contributed by atoms with E-state index in [-0.39, 0.29) is 5.69 Å². The molecule has 2 rings (SSSR count). The van der Waals surface area contributed by atoms with Crippen LogP contribution < -0.4 is 0 Å². The molecule has 18 heavy (non-hydrogen) atoms. The van der Waals surface area contributed by atoms with E-state index in [0.29, 0.717) is 0 Å². The summed E-state index contributed by atoms with van der Waals surface area (Å²) in [6.07, 6.45) is 3.78. The summed E-state index contributed by atoms with van der Waals surface area (Å²) in [5.41, 5.74) is 1.96. The Labute approximate surface area is 113 Å². The number of nitro groups is 1. The number of hydrogen-bond donors (Lipinski definition) is 0. The van der Waals surface area contributed by atoms with E-state index in [1.807, 2.05) is 42.5 Å². The Balaban J connectivity index is 2.20. The summed E-state index contributed by atoms with van der Waals surface area (Å²) in [7, 11) is 0. The minimum atomic E-state index is -0.392. The smallest absolute Gasteiger partial charge is 0.258 e. The molecule has 0 saturated heterocycles. The fourth-order valence-corrected chi connectivity index (χ4v) is 1.77. The van der Waals surface area contributed by atoms with Gasteiger partial charge in [-0.2, -0.15) is 0 Å². The highest BCUT2D eigenvalue weighted by molar-refractivity contribution is 9.10. The zero-order chi connectivity index (χ0) is 13.0. The fourth-order valence-electron chi connectivity index (χ4n) is 1.51. The van der Waals surface area contributed by atoms with E-state index in [1.165, 1.54) is 6.07 Å². The van der Waals surface area contributed by atoms with Crippen molar-refractivity contribution in [2.75, 3.05) is 0 Å². The Bertz CT molecular complexity index is 591. The monoisotopic (exact) mass is 303 g/mol. The second-order valence-corrected chi connectivity index (χ2v) is 4.65. The minimum Gasteiger partial charge on any atom is -0.258 e. The molecule has 0 fully saturated rings. The predicted octanol–water partition coefficient (Wildman–Crippen LogP) is 4.53. The Morgan fingerprint density at radius 1 is 1.00 bits per heavy atom. The van der Waals surface area contributed by atoms with E-state index in [4.69, 9.17) is 0 Å². The lowest BCUT2D eigenvalue weighted by molar-refractivity contribution is -0.384. The van der Waals surface area contributed by atoms with Gasteiger partial charge in [-0.05, 0) is 23.3 Å². The molecular weight excluding hydrogens is 294 g/mol. The van der Waals surface area contributed by atoms with Gasteiger partial charge < -0.3 is 0 Å². The van der Waals surface area contributed by atoms with Gasteiger partial charge in [0.25, 0.3) is 5.69 Å². The van der Waals surface area contributed by atoms with Crippen LogP contribution in [0.3, 0.4) is 0 Å². The van der Waals surface area contributed by atoms with E-state index >= 15 is 0 Å². The molecule has 0 spiro atoms. The van der Waals surface area contributed by atoms with Gasteiger partial charge in [0, 0.05) is 16.6 Å². The summed E-state index contributed by atoms with van der Waals surface area (Å²) < 4.78 is 1.02. The molecule has 4 heteroatoms. The highest BCUT2D eigenvalue weighted by Crippen LogP contribution is 2.16. The number of non-ortho nitro benzene ring substituents is 1. The first-order valence-electron chi connectivity index (χ1n) is 5.33. The molecule has 0 heterocycles. The molecule has 0 aliphatic rings. The highest BCUT2D eigenvalue weighted by Gasteiger charge is 2.03.